The molecule has 2 saturated carbocycles. The molecule has 19 heteroatoms. The Bertz CT molecular complexity index is 2100. The summed E-state index contributed by atoms with van der Waals surface area (Å²) in [4.78, 5) is 61.8. The van der Waals surface area contributed by atoms with Crippen molar-refractivity contribution in [2.75, 3.05) is 13.2 Å². The van der Waals surface area contributed by atoms with Crippen molar-refractivity contribution in [1.82, 2.24) is 25.2 Å². The average molecular weight is 854 g/mol. The van der Waals surface area contributed by atoms with Crippen LogP contribution in [0, 0.1) is 23.6 Å². The summed E-state index contributed by atoms with van der Waals surface area (Å²) in [6.45, 7) is 6.70. The van der Waals surface area contributed by atoms with Gasteiger partial charge in [0.15, 0.2) is 11.6 Å². The van der Waals surface area contributed by atoms with Gasteiger partial charge in [-0.1, -0.05) is 32.4 Å². The molecule has 1 saturated heterocycles. The number of amides is 4. The first kappa shape index (κ1) is 43.9. The van der Waals surface area contributed by atoms with Gasteiger partial charge in [-0.3, -0.25) is 19.1 Å². The maximum Gasteiger partial charge on any atom is 0.427 e. The van der Waals surface area contributed by atoms with Gasteiger partial charge in [-0.2, -0.15) is 13.2 Å². The van der Waals surface area contributed by atoms with Gasteiger partial charge in [0, 0.05) is 23.9 Å². The molecule has 1 unspecified atom stereocenters. The van der Waals surface area contributed by atoms with E-state index in [0.29, 0.717) is 57.8 Å². The highest BCUT2D eigenvalue weighted by molar-refractivity contribution is 7.91. The summed E-state index contributed by atoms with van der Waals surface area (Å²) >= 11 is 0. The normalized spacial score (nSPS) is 28.6. The molecular formula is C40H51F4N5O9S. The minimum atomic E-state index is -4.94. The zero-order chi connectivity index (χ0) is 43.1. The lowest BCUT2D eigenvalue weighted by molar-refractivity contribution is -0.244. The van der Waals surface area contributed by atoms with E-state index in [2.05, 4.69) is 20.3 Å². The summed E-state index contributed by atoms with van der Waals surface area (Å²) in [7, 11) is -4.01. The number of aromatic nitrogens is 1. The van der Waals surface area contributed by atoms with Crippen molar-refractivity contribution < 1.29 is 59.4 Å². The van der Waals surface area contributed by atoms with Crippen LogP contribution in [0.15, 0.2) is 36.5 Å². The van der Waals surface area contributed by atoms with Gasteiger partial charge < -0.3 is 29.7 Å². The molecule has 2 aromatic rings. The first-order valence-electron chi connectivity index (χ1n) is 20.0. The SMILES string of the molecule is CCOc1cc2ccnc(O[C@@H]3C[C@H]4C(=O)N[C@]5(C(=O)NS(=O)(=O)C6CC6)C[C@H]5/C=C\CC[C@@H](C)C[C@@H](CC)C(NC(=O)OC(C)(C)C(F)(F)F)C(=O)N4C3)c2cc1F. The van der Waals surface area contributed by atoms with Crippen LogP contribution >= 0.6 is 0 Å². The smallest absolute Gasteiger partial charge is 0.427 e. The lowest BCUT2D eigenvalue weighted by atomic mass is 9.85. The van der Waals surface area contributed by atoms with E-state index in [1.54, 1.807) is 26.0 Å². The number of ether oxygens (including phenoxy) is 3. The van der Waals surface area contributed by atoms with Crippen LogP contribution in [-0.4, -0.2) is 96.0 Å². The second kappa shape index (κ2) is 16.8. The number of pyridine rings is 1. The van der Waals surface area contributed by atoms with Gasteiger partial charge in [0.05, 0.1) is 18.4 Å². The molecule has 0 radical (unpaired) electrons. The number of fused-ring (bicyclic) bond motifs is 3. The molecule has 14 nitrogen and oxygen atoms in total. The number of rotatable bonds is 10. The average Bonchev–Trinajstić information content (AvgIpc) is 4.08. The highest BCUT2D eigenvalue weighted by atomic mass is 32.2. The molecule has 3 N–H and O–H groups in total. The highest BCUT2D eigenvalue weighted by Gasteiger charge is 2.62. The van der Waals surface area contributed by atoms with E-state index in [4.69, 9.17) is 14.2 Å². The van der Waals surface area contributed by atoms with E-state index in [1.165, 1.54) is 18.3 Å². The Morgan fingerprint density at radius 3 is 2.49 bits per heavy atom. The molecule has 4 aliphatic rings. The molecule has 2 aliphatic carbocycles. The van der Waals surface area contributed by atoms with Crippen molar-refractivity contribution in [2.45, 2.75) is 127 Å². The third-order valence-electron chi connectivity index (χ3n) is 11.6. The van der Waals surface area contributed by atoms with Gasteiger partial charge in [-0.25, -0.2) is 22.6 Å². The molecule has 6 rings (SSSR count). The van der Waals surface area contributed by atoms with Crippen LogP contribution < -0.4 is 24.8 Å². The number of allylic oxidation sites excluding steroid dienone is 1. The fraction of sp³-hybridized carbons (Fsp3) is 0.625. The van der Waals surface area contributed by atoms with Crippen molar-refractivity contribution in [1.29, 1.82) is 0 Å². The zero-order valence-electron chi connectivity index (χ0n) is 33.6. The molecule has 0 bridgehead atoms. The van der Waals surface area contributed by atoms with Gasteiger partial charge in [-0.05, 0) is 94.7 Å². The summed E-state index contributed by atoms with van der Waals surface area (Å²) in [6.07, 6.45) is 0.0946. The van der Waals surface area contributed by atoms with Gasteiger partial charge >= 0.3 is 12.3 Å². The molecular weight excluding hydrogens is 803 g/mol. The Morgan fingerprint density at radius 1 is 1.10 bits per heavy atom. The Balaban J connectivity index is 1.37. The first-order valence-corrected chi connectivity index (χ1v) is 21.5. The van der Waals surface area contributed by atoms with E-state index in [9.17, 15) is 40.8 Å². The molecule has 4 amide bonds. The topological polar surface area (TPSA) is 182 Å². The van der Waals surface area contributed by atoms with E-state index in [0.717, 1.165) is 4.90 Å². The van der Waals surface area contributed by atoms with E-state index >= 15 is 4.39 Å². The van der Waals surface area contributed by atoms with Gasteiger partial charge in [-0.15, -0.1) is 0 Å². The Hall–Kier alpha value is -4.68. The number of halogens is 4. The predicted molar refractivity (Wildman–Crippen MR) is 206 cm³/mol. The molecule has 3 heterocycles. The number of carbonyl (C=O) groups is 4. The standard InChI is InChI=1S/C40H51F4N5O9S/c1-6-23-16-22(3)10-8-9-11-25-20-39(25,36(52)48-59(54,55)27-12-13-27)47-33(50)30-18-26(57-34-28-19-29(41)31(56-7-2)17-24(28)14-15-45-34)21-49(30)35(51)32(23)46-37(53)58-38(4,5)40(42,43)44/h9,11,14-15,17,19,22-23,25-27,30,32H,6-8,10,12-13,16,18,20-21H2,1-5H3,(H,46,53)(H,47,50)(H,48,52)/b11-9-/t22-,23-,25-,26-,30+,32?,39-/m1/s1. The number of benzene rings is 1. The van der Waals surface area contributed by atoms with Crippen LogP contribution in [-0.2, 0) is 29.1 Å². The summed E-state index contributed by atoms with van der Waals surface area (Å²) < 4.78 is 101. The molecule has 2 aliphatic heterocycles. The van der Waals surface area contributed by atoms with Crippen LogP contribution in [0.2, 0.25) is 0 Å². The van der Waals surface area contributed by atoms with E-state index < -0.39 is 92.2 Å². The number of alkyl halides is 3. The summed E-state index contributed by atoms with van der Waals surface area (Å²) in [5.41, 5.74) is -4.58. The molecule has 1 aromatic heterocycles. The molecule has 7 atom stereocenters. The minimum absolute atomic E-state index is 0.0118. The van der Waals surface area contributed by atoms with Crippen molar-refractivity contribution in [3.8, 4) is 11.6 Å². The predicted octanol–water partition coefficient (Wildman–Crippen LogP) is 5.44. The third-order valence-corrected chi connectivity index (χ3v) is 13.5. The monoisotopic (exact) mass is 853 g/mol. The first-order chi connectivity index (χ1) is 27.7. The number of carbonyl (C=O) groups excluding carboxylic acids is 4. The minimum Gasteiger partial charge on any atom is -0.491 e. The Labute approximate surface area is 340 Å². The maximum absolute atomic E-state index is 15.1. The van der Waals surface area contributed by atoms with Crippen LogP contribution in [0.1, 0.15) is 86.0 Å². The van der Waals surface area contributed by atoms with Crippen LogP contribution in [0.3, 0.4) is 0 Å². The molecule has 3 fully saturated rings. The van der Waals surface area contributed by atoms with Crippen LogP contribution in [0.5, 0.6) is 11.6 Å². The van der Waals surface area contributed by atoms with Gasteiger partial charge in [0.2, 0.25) is 33.3 Å². The molecule has 59 heavy (non-hydrogen) atoms. The molecule has 0 spiro atoms. The highest BCUT2D eigenvalue weighted by Crippen LogP contribution is 2.46. The van der Waals surface area contributed by atoms with Crippen molar-refractivity contribution in [3.63, 3.8) is 0 Å². The van der Waals surface area contributed by atoms with Crippen molar-refractivity contribution in [2.24, 2.45) is 17.8 Å². The zero-order valence-corrected chi connectivity index (χ0v) is 34.4. The maximum atomic E-state index is 15.1. The van der Waals surface area contributed by atoms with Crippen molar-refractivity contribution in [3.05, 3.63) is 42.4 Å². The van der Waals surface area contributed by atoms with Crippen LogP contribution in [0.25, 0.3) is 10.8 Å². The lowest BCUT2D eigenvalue weighted by Crippen LogP contribution is -2.59. The number of alkyl carbamates (subject to hydrolysis) is 1. The number of sulfonamides is 1. The van der Waals surface area contributed by atoms with E-state index in [-0.39, 0.29) is 48.9 Å². The lowest BCUT2D eigenvalue weighted by Gasteiger charge is -2.35. The second-order valence-corrected chi connectivity index (χ2v) is 18.5. The third kappa shape index (κ3) is 9.54. The quantitative estimate of drug-likeness (QED) is 0.206. The van der Waals surface area contributed by atoms with Gasteiger partial charge in [0.1, 0.15) is 23.7 Å². The van der Waals surface area contributed by atoms with Crippen molar-refractivity contribution >= 4 is 44.6 Å². The fourth-order valence-electron chi connectivity index (χ4n) is 7.83. The Morgan fingerprint density at radius 2 is 1.83 bits per heavy atom. The van der Waals surface area contributed by atoms with E-state index in [1.807, 2.05) is 13.0 Å². The fourth-order valence-corrected chi connectivity index (χ4v) is 9.19. The molecule has 1 aromatic carbocycles. The number of hydrogen-bond donors (Lipinski definition) is 3. The molecule has 324 valence electrons. The second-order valence-electron chi connectivity index (χ2n) is 16.5. The number of hydrogen-bond acceptors (Lipinski definition) is 10. The summed E-state index contributed by atoms with van der Waals surface area (Å²) in [6, 6.07) is 1.44. The summed E-state index contributed by atoms with van der Waals surface area (Å²) in [5, 5.41) is 5.22. The van der Waals surface area contributed by atoms with Crippen LogP contribution in [0.4, 0.5) is 22.4 Å². The largest absolute Gasteiger partial charge is 0.491 e. The number of nitrogens with one attached hydrogen (secondary N) is 3. The Kier molecular flexibility index (Phi) is 12.5. The summed E-state index contributed by atoms with van der Waals surface area (Å²) in [5.74, 6) is -4.50. The van der Waals surface area contributed by atoms with Gasteiger partial charge in [0.25, 0.3) is 5.91 Å². The number of nitrogens with zero attached hydrogens (tertiary/aromatic N) is 2.